The van der Waals surface area contributed by atoms with Crippen molar-refractivity contribution in [1.82, 2.24) is 19.7 Å². The van der Waals surface area contributed by atoms with E-state index in [9.17, 15) is 4.39 Å². The largest absolute Gasteiger partial charge is 0.399 e. The van der Waals surface area contributed by atoms with Crippen molar-refractivity contribution in [2.24, 2.45) is 0 Å². The molecule has 1 fully saturated rings. The minimum Gasteiger partial charge on any atom is -0.399 e. The van der Waals surface area contributed by atoms with Crippen LogP contribution in [0.2, 0.25) is 0 Å². The Morgan fingerprint density at radius 2 is 2.03 bits per heavy atom. The van der Waals surface area contributed by atoms with E-state index in [1.54, 1.807) is 12.1 Å². The number of hydrogen-bond acceptors (Lipinski definition) is 4. The molecule has 4 aromatic rings. The average Bonchev–Trinajstić information content (AvgIpc) is 3.53. The number of nitrogens with two attached hydrogens (primary N) is 1. The van der Waals surface area contributed by atoms with Gasteiger partial charge in [0.25, 0.3) is 0 Å². The van der Waals surface area contributed by atoms with Gasteiger partial charge in [0.05, 0.1) is 11.8 Å². The van der Waals surface area contributed by atoms with Crippen molar-refractivity contribution in [2.75, 3.05) is 18.8 Å². The molecule has 2 atom stereocenters. The first-order chi connectivity index (χ1) is 16.0. The van der Waals surface area contributed by atoms with Crippen LogP contribution in [0.3, 0.4) is 0 Å². The molecule has 2 aromatic heterocycles. The normalized spacial score (nSPS) is 18.8. The number of aromatic nitrogens is 3. The van der Waals surface area contributed by atoms with Crippen LogP contribution < -0.4 is 5.73 Å². The van der Waals surface area contributed by atoms with Crippen LogP contribution in [0.4, 0.5) is 10.1 Å². The third-order valence-corrected chi connectivity index (χ3v) is 6.43. The van der Waals surface area contributed by atoms with Crippen LogP contribution in [0, 0.1) is 5.82 Å². The van der Waals surface area contributed by atoms with Gasteiger partial charge in [0.1, 0.15) is 17.7 Å². The van der Waals surface area contributed by atoms with Crippen LogP contribution in [0.1, 0.15) is 24.3 Å². The molecule has 0 spiro atoms. The number of halogens is 2. The minimum absolute atomic E-state index is 0.0568. The van der Waals surface area contributed by atoms with Gasteiger partial charge in [-0.25, -0.2) is 9.07 Å². The van der Waals surface area contributed by atoms with Gasteiger partial charge < -0.3 is 15.5 Å². The maximum atomic E-state index is 14.3. The first-order valence-electron chi connectivity index (χ1n) is 10.9. The fourth-order valence-electron chi connectivity index (χ4n) is 4.27. The van der Waals surface area contributed by atoms with Gasteiger partial charge in [0.2, 0.25) is 0 Å². The van der Waals surface area contributed by atoms with Crippen LogP contribution in [0.25, 0.3) is 16.9 Å². The van der Waals surface area contributed by atoms with Gasteiger partial charge in [-0.05, 0) is 61.4 Å². The lowest BCUT2D eigenvalue weighted by Gasteiger charge is -2.23. The number of nitrogen functional groups attached to an aromatic ring is 1. The molecule has 33 heavy (non-hydrogen) atoms. The highest BCUT2D eigenvalue weighted by molar-refractivity contribution is 9.10. The predicted octanol–water partition coefficient (Wildman–Crippen LogP) is 5.31. The summed E-state index contributed by atoms with van der Waals surface area (Å²) in [6.45, 7) is 3.48. The number of nitrogens with zero attached hydrogens (tertiary/aromatic N) is 3. The minimum atomic E-state index is -0.272. The van der Waals surface area contributed by atoms with Crippen molar-refractivity contribution >= 4 is 21.6 Å². The Balaban J connectivity index is 1.47. The highest BCUT2D eigenvalue weighted by atomic mass is 79.9. The van der Waals surface area contributed by atoms with Crippen molar-refractivity contribution in [1.29, 1.82) is 0 Å². The molecule has 0 amide bonds. The Hall–Kier alpha value is -2.94. The lowest BCUT2D eigenvalue weighted by atomic mass is 10.1. The number of benzene rings is 2. The summed E-state index contributed by atoms with van der Waals surface area (Å²) >= 11 is 3.49. The summed E-state index contributed by atoms with van der Waals surface area (Å²) in [4.78, 5) is 5.37. The van der Waals surface area contributed by atoms with E-state index in [0.717, 1.165) is 33.5 Å². The van der Waals surface area contributed by atoms with Gasteiger partial charge in [-0.1, -0.05) is 22.0 Å². The molecular weight excluding hydrogens is 485 g/mol. The van der Waals surface area contributed by atoms with E-state index in [-0.39, 0.29) is 18.1 Å². The van der Waals surface area contributed by atoms with Crippen LogP contribution >= 0.6 is 15.9 Å². The van der Waals surface area contributed by atoms with E-state index < -0.39 is 0 Å². The monoisotopic (exact) mass is 509 g/mol. The van der Waals surface area contributed by atoms with Crippen molar-refractivity contribution in [3.63, 3.8) is 0 Å². The van der Waals surface area contributed by atoms with Gasteiger partial charge in [-0.2, -0.15) is 5.10 Å². The number of ether oxygens (including phenoxy) is 1. The van der Waals surface area contributed by atoms with E-state index in [4.69, 9.17) is 15.6 Å². The van der Waals surface area contributed by atoms with Gasteiger partial charge in [-0.3, -0.25) is 4.90 Å². The highest BCUT2D eigenvalue weighted by Gasteiger charge is 2.35. The molecular formula is C25H25BrFN5O. The molecule has 1 aliphatic rings. The number of rotatable bonds is 6. The van der Waals surface area contributed by atoms with E-state index >= 15 is 0 Å². The zero-order chi connectivity index (χ0) is 22.9. The molecule has 1 aliphatic heterocycles. The Bertz CT molecular complexity index is 1240. The predicted molar refractivity (Wildman–Crippen MR) is 130 cm³/mol. The second-order valence-electron chi connectivity index (χ2n) is 8.35. The number of H-pyrrole nitrogens is 1. The second-order valence-corrected chi connectivity index (χ2v) is 9.26. The Morgan fingerprint density at radius 3 is 2.76 bits per heavy atom. The second kappa shape index (κ2) is 9.13. The summed E-state index contributed by atoms with van der Waals surface area (Å²) in [6.07, 6.45) is 6.21. The molecule has 1 saturated heterocycles. The zero-order valence-electron chi connectivity index (χ0n) is 18.2. The van der Waals surface area contributed by atoms with Crippen LogP contribution in [-0.2, 0) is 11.2 Å². The summed E-state index contributed by atoms with van der Waals surface area (Å²) in [6, 6.07) is 14.9. The van der Waals surface area contributed by atoms with Gasteiger partial charge in [-0.15, -0.1) is 0 Å². The molecule has 8 heteroatoms. The fourth-order valence-corrected chi connectivity index (χ4v) is 4.54. The lowest BCUT2D eigenvalue weighted by molar-refractivity contribution is 0.00515. The summed E-state index contributed by atoms with van der Waals surface area (Å²) in [7, 11) is 0. The molecule has 0 bridgehead atoms. The summed E-state index contributed by atoms with van der Waals surface area (Å²) in [5.41, 5.74) is 10.6. The van der Waals surface area contributed by atoms with E-state index in [2.05, 4.69) is 32.7 Å². The summed E-state index contributed by atoms with van der Waals surface area (Å²) in [5.74, 6) is -0.268. The Labute approximate surface area is 200 Å². The third kappa shape index (κ3) is 4.59. The SMILES string of the molecule is C[C@H]1CN(CCc2ccc(N)cc2F)[C@H](c2cn(-c3ccc(Br)cc3)nc2-c2cc[nH]c2)O1. The summed E-state index contributed by atoms with van der Waals surface area (Å²) < 4.78 is 23.6. The van der Waals surface area contributed by atoms with E-state index in [0.29, 0.717) is 24.2 Å². The summed E-state index contributed by atoms with van der Waals surface area (Å²) in [5, 5.41) is 4.90. The van der Waals surface area contributed by atoms with Crippen LogP contribution in [0.15, 0.2) is 71.6 Å². The van der Waals surface area contributed by atoms with Crippen molar-refractivity contribution < 1.29 is 9.13 Å². The number of nitrogens with one attached hydrogen (secondary N) is 1. The van der Waals surface area contributed by atoms with E-state index in [1.807, 2.05) is 53.6 Å². The molecule has 3 N–H and O–H groups in total. The fraction of sp³-hybridized carbons (Fsp3) is 0.240. The molecule has 2 aromatic carbocycles. The number of hydrogen-bond donors (Lipinski definition) is 2. The van der Waals surface area contributed by atoms with Gasteiger partial charge in [0, 0.05) is 53.0 Å². The number of anilines is 1. The van der Waals surface area contributed by atoms with E-state index in [1.165, 1.54) is 6.07 Å². The van der Waals surface area contributed by atoms with Crippen molar-refractivity contribution in [2.45, 2.75) is 25.7 Å². The molecule has 0 unspecified atom stereocenters. The standard InChI is InChI=1S/C25H25BrFN5O/c1-16-14-31(11-9-17-2-5-20(28)12-23(17)27)25(33-16)22-15-32(21-6-3-19(26)4-7-21)30-24(22)18-8-10-29-13-18/h2-8,10,12-13,15-16,25,29H,9,11,14,28H2,1H3/t16-,25-/m0/s1. The topological polar surface area (TPSA) is 72.1 Å². The molecule has 5 rings (SSSR count). The van der Waals surface area contributed by atoms with Crippen LogP contribution in [-0.4, -0.2) is 38.9 Å². The maximum Gasteiger partial charge on any atom is 0.140 e. The third-order valence-electron chi connectivity index (χ3n) is 5.90. The first-order valence-corrected chi connectivity index (χ1v) is 11.7. The Kier molecular flexibility index (Phi) is 6.05. The quantitative estimate of drug-likeness (QED) is 0.345. The molecule has 6 nitrogen and oxygen atoms in total. The Morgan fingerprint density at radius 1 is 1.21 bits per heavy atom. The van der Waals surface area contributed by atoms with Gasteiger partial charge >= 0.3 is 0 Å². The van der Waals surface area contributed by atoms with Gasteiger partial charge in [0.15, 0.2) is 0 Å². The van der Waals surface area contributed by atoms with Crippen molar-refractivity contribution in [3.05, 3.63) is 88.5 Å². The zero-order valence-corrected chi connectivity index (χ0v) is 19.8. The first kappa shape index (κ1) is 21.9. The lowest BCUT2D eigenvalue weighted by Crippen LogP contribution is -2.27. The molecule has 170 valence electrons. The highest BCUT2D eigenvalue weighted by Crippen LogP contribution is 2.36. The molecule has 0 saturated carbocycles. The molecule has 3 heterocycles. The number of aromatic amines is 1. The van der Waals surface area contributed by atoms with Crippen molar-refractivity contribution in [3.8, 4) is 16.9 Å². The maximum absolute atomic E-state index is 14.3. The molecule has 0 aliphatic carbocycles. The van der Waals surface area contributed by atoms with Crippen LogP contribution in [0.5, 0.6) is 0 Å². The smallest absolute Gasteiger partial charge is 0.140 e. The average molecular weight is 510 g/mol. The molecule has 0 radical (unpaired) electrons.